The van der Waals surface area contributed by atoms with Gasteiger partial charge < -0.3 is 5.32 Å². The first-order valence-corrected chi connectivity index (χ1v) is 5.89. The third kappa shape index (κ3) is 2.95. The molecule has 1 aromatic rings. The number of nitrogens with zero attached hydrogens (tertiary/aromatic N) is 1. The number of halogens is 2. The van der Waals surface area contributed by atoms with Gasteiger partial charge >= 0.3 is 0 Å². The van der Waals surface area contributed by atoms with Crippen molar-refractivity contribution in [3.63, 3.8) is 0 Å². The molecule has 0 spiro atoms. The largest absolute Gasteiger partial charge is 0.343 e. The van der Waals surface area contributed by atoms with Crippen LogP contribution in [0.3, 0.4) is 0 Å². The zero-order chi connectivity index (χ0) is 11.4. The SMILES string of the molecule is Fc1ccc(Cl)c(NC2=NCCCCC2)c1. The molecule has 4 heteroatoms. The molecule has 0 amide bonds. The Bertz CT molecular complexity index is 404. The Kier molecular flexibility index (Phi) is 3.78. The monoisotopic (exact) mass is 240 g/mol. The fourth-order valence-electron chi connectivity index (χ4n) is 1.72. The quantitative estimate of drug-likeness (QED) is 0.792. The van der Waals surface area contributed by atoms with Gasteiger partial charge in [0.1, 0.15) is 11.7 Å². The van der Waals surface area contributed by atoms with Crippen molar-refractivity contribution in [2.45, 2.75) is 25.7 Å². The maximum Gasteiger partial charge on any atom is 0.125 e. The van der Waals surface area contributed by atoms with Crippen LogP contribution < -0.4 is 5.32 Å². The standard InChI is InChI=1S/C12H14ClFN2/c13-10-6-5-9(14)8-11(10)16-12-4-2-1-3-7-15-12/h5-6,8H,1-4,7H2,(H,15,16). The highest BCUT2D eigenvalue weighted by atomic mass is 35.5. The minimum absolute atomic E-state index is 0.291. The van der Waals surface area contributed by atoms with Crippen LogP contribution in [0.15, 0.2) is 23.2 Å². The first-order chi connectivity index (χ1) is 7.75. The van der Waals surface area contributed by atoms with E-state index in [1.165, 1.54) is 18.6 Å². The molecule has 86 valence electrons. The molecule has 1 aliphatic heterocycles. The number of amidine groups is 1. The van der Waals surface area contributed by atoms with Crippen LogP contribution in [-0.2, 0) is 0 Å². The molecule has 0 unspecified atom stereocenters. The molecule has 0 fully saturated rings. The van der Waals surface area contributed by atoms with Gasteiger partial charge in [-0.15, -0.1) is 0 Å². The molecule has 2 nitrogen and oxygen atoms in total. The van der Waals surface area contributed by atoms with Gasteiger partial charge in [-0.05, 0) is 31.0 Å². The molecule has 0 saturated carbocycles. The normalized spacial score (nSPS) is 16.5. The molecule has 1 heterocycles. The molecular weight excluding hydrogens is 227 g/mol. The first-order valence-electron chi connectivity index (χ1n) is 5.51. The highest BCUT2D eigenvalue weighted by molar-refractivity contribution is 6.33. The van der Waals surface area contributed by atoms with E-state index in [0.717, 1.165) is 31.6 Å². The van der Waals surface area contributed by atoms with Crippen LogP contribution in [0.5, 0.6) is 0 Å². The number of rotatable bonds is 1. The van der Waals surface area contributed by atoms with Crippen LogP contribution in [0.4, 0.5) is 10.1 Å². The van der Waals surface area contributed by atoms with Gasteiger partial charge in [-0.2, -0.15) is 0 Å². The highest BCUT2D eigenvalue weighted by Gasteiger charge is 2.07. The Hall–Kier alpha value is -1.09. The zero-order valence-corrected chi connectivity index (χ0v) is 9.73. The second kappa shape index (κ2) is 5.30. The molecule has 1 N–H and O–H groups in total. The molecule has 0 radical (unpaired) electrons. The lowest BCUT2D eigenvalue weighted by Crippen LogP contribution is -2.12. The van der Waals surface area contributed by atoms with Gasteiger partial charge in [-0.25, -0.2) is 4.39 Å². The summed E-state index contributed by atoms with van der Waals surface area (Å²) in [5.74, 6) is 0.617. The fraction of sp³-hybridized carbons (Fsp3) is 0.417. The summed E-state index contributed by atoms with van der Waals surface area (Å²) >= 11 is 5.97. The van der Waals surface area contributed by atoms with Gasteiger partial charge in [0.2, 0.25) is 0 Å². The van der Waals surface area contributed by atoms with Crippen molar-refractivity contribution < 1.29 is 4.39 Å². The second-order valence-corrected chi connectivity index (χ2v) is 4.30. The van der Waals surface area contributed by atoms with Gasteiger partial charge in [0.15, 0.2) is 0 Å². The number of aliphatic imine (C=N–C) groups is 1. The zero-order valence-electron chi connectivity index (χ0n) is 8.97. The smallest absolute Gasteiger partial charge is 0.125 e. The summed E-state index contributed by atoms with van der Waals surface area (Å²) in [7, 11) is 0. The van der Waals surface area contributed by atoms with Crippen molar-refractivity contribution in [3.05, 3.63) is 29.0 Å². The van der Waals surface area contributed by atoms with Crippen LogP contribution in [0.25, 0.3) is 0 Å². The van der Waals surface area contributed by atoms with Crippen LogP contribution >= 0.6 is 11.6 Å². The van der Waals surface area contributed by atoms with Crippen molar-refractivity contribution >= 4 is 23.1 Å². The van der Waals surface area contributed by atoms with E-state index in [0.29, 0.717) is 10.7 Å². The molecule has 0 aromatic heterocycles. The van der Waals surface area contributed by atoms with E-state index in [1.807, 2.05) is 0 Å². The minimum Gasteiger partial charge on any atom is -0.343 e. The lowest BCUT2D eigenvalue weighted by Gasteiger charge is -2.09. The summed E-state index contributed by atoms with van der Waals surface area (Å²) in [6.07, 6.45) is 4.36. The van der Waals surface area contributed by atoms with E-state index in [4.69, 9.17) is 11.6 Å². The predicted octanol–water partition coefficient (Wildman–Crippen LogP) is 3.86. The van der Waals surface area contributed by atoms with Gasteiger partial charge in [-0.1, -0.05) is 18.0 Å². The summed E-state index contributed by atoms with van der Waals surface area (Å²) in [4.78, 5) is 4.41. The number of hydrogen-bond acceptors (Lipinski definition) is 2. The number of benzene rings is 1. The van der Waals surface area contributed by atoms with Gasteiger partial charge in [0, 0.05) is 13.0 Å². The Balaban J connectivity index is 2.13. The van der Waals surface area contributed by atoms with Crippen LogP contribution in [0.2, 0.25) is 5.02 Å². The number of nitrogens with one attached hydrogen (secondary N) is 1. The predicted molar refractivity (Wildman–Crippen MR) is 65.8 cm³/mol. The lowest BCUT2D eigenvalue weighted by molar-refractivity contribution is 0.628. The van der Waals surface area contributed by atoms with E-state index < -0.39 is 0 Å². The summed E-state index contributed by atoms with van der Waals surface area (Å²) in [5.41, 5.74) is 0.599. The summed E-state index contributed by atoms with van der Waals surface area (Å²) < 4.78 is 13.0. The third-order valence-electron chi connectivity index (χ3n) is 2.58. The van der Waals surface area contributed by atoms with E-state index >= 15 is 0 Å². The molecule has 16 heavy (non-hydrogen) atoms. The van der Waals surface area contributed by atoms with E-state index in [9.17, 15) is 4.39 Å². The second-order valence-electron chi connectivity index (χ2n) is 3.89. The fourth-order valence-corrected chi connectivity index (χ4v) is 1.89. The molecule has 1 aliphatic rings. The van der Waals surface area contributed by atoms with Gasteiger partial charge in [0.25, 0.3) is 0 Å². The van der Waals surface area contributed by atoms with Gasteiger partial charge in [-0.3, -0.25) is 4.99 Å². The Morgan fingerprint density at radius 1 is 1.25 bits per heavy atom. The van der Waals surface area contributed by atoms with Crippen molar-refractivity contribution in [2.75, 3.05) is 11.9 Å². The first kappa shape index (κ1) is 11.4. The maximum atomic E-state index is 13.0. The Labute approximate surface area is 99.5 Å². The molecule has 0 saturated heterocycles. The molecule has 2 rings (SSSR count). The van der Waals surface area contributed by atoms with E-state index in [2.05, 4.69) is 10.3 Å². The summed E-state index contributed by atoms with van der Waals surface area (Å²) in [5, 5.41) is 3.63. The highest BCUT2D eigenvalue weighted by Crippen LogP contribution is 2.23. The number of anilines is 1. The average molecular weight is 241 g/mol. The molecule has 0 atom stereocenters. The van der Waals surface area contributed by atoms with Crippen LogP contribution in [0.1, 0.15) is 25.7 Å². The molecule has 0 bridgehead atoms. The Morgan fingerprint density at radius 2 is 2.12 bits per heavy atom. The van der Waals surface area contributed by atoms with Gasteiger partial charge in [0.05, 0.1) is 10.7 Å². The van der Waals surface area contributed by atoms with Crippen molar-refractivity contribution in [1.29, 1.82) is 0 Å². The Morgan fingerprint density at radius 3 is 3.00 bits per heavy atom. The topological polar surface area (TPSA) is 24.4 Å². The van der Waals surface area contributed by atoms with Crippen molar-refractivity contribution in [2.24, 2.45) is 4.99 Å². The average Bonchev–Trinajstić information content (AvgIpc) is 2.52. The van der Waals surface area contributed by atoms with E-state index in [-0.39, 0.29) is 5.82 Å². The lowest BCUT2D eigenvalue weighted by atomic mass is 10.2. The van der Waals surface area contributed by atoms with Crippen molar-refractivity contribution in [1.82, 2.24) is 0 Å². The van der Waals surface area contributed by atoms with Crippen LogP contribution in [-0.4, -0.2) is 12.4 Å². The molecule has 0 aliphatic carbocycles. The summed E-state index contributed by atoms with van der Waals surface area (Å²) in [6, 6.07) is 4.30. The van der Waals surface area contributed by atoms with Crippen LogP contribution in [0, 0.1) is 5.82 Å². The molecular formula is C12H14ClFN2. The maximum absolute atomic E-state index is 13.0. The summed E-state index contributed by atoms with van der Waals surface area (Å²) in [6.45, 7) is 0.843. The van der Waals surface area contributed by atoms with Crippen molar-refractivity contribution in [3.8, 4) is 0 Å². The van der Waals surface area contributed by atoms with E-state index in [1.54, 1.807) is 6.07 Å². The molecule has 1 aromatic carbocycles. The third-order valence-corrected chi connectivity index (χ3v) is 2.91. The minimum atomic E-state index is -0.291. The number of hydrogen-bond donors (Lipinski definition) is 1.